The number of nitrogens with one attached hydrogen (secondary N) is 1. The molecule has 0 radical (unpaired) electrons. The highest BCUT2D eigenvalue weighted by atomic mass is 79.9. The monoisotopic (exact) mass is 549 g/mol. The molecule has 12 heteroatoms. The molecule has 0 aromatic heterocycles. The molecule has 0 aliphatic heterocycles. The molecule has 0 saturated heterocycles. The summed E-state index contributed by atoms with van der Waals surface area (Å²) in [5.41, 5.74) is -0.168. The zero-order valence-electron chi connectivity index (χ0n) is 18.1. The topological polar surface area (TPSA) is 128 Å². The summed E-state index contributed by atoms with van der Waals surface area (Å²) < 4.78 is 39.4. The minimum absolute atomic E-state index is 0.00686. The lowest BCUT2D eigenvalue weighted by atomic mass is 10.2. The summed E-state index contributed by atoms with van der Waals surface area (Å²) in [6.45, 7) is -0.673. The van der Waals surface area contributed by atoms with Gasteiger partial charge in [-0.05, 0) is 42.5 Å². The van der Waals surface area contributed by atoms with Crippen molar-refractivity contribution >= 4 is 48.9 Å². The lowest BCUT2D eigenvalue weighted by Gasteiger charge is -2.25. The van der Waals surface area contributed by atoms with Gasteiger partial charge in [0.05, 0.1) is 24.8 Å². The van der Waals surface area contributed by atoms with Crippen LogP contribution in [0.15, 0.2) is 76.1 Å². The van der Waals surface area contributed by atoms with E-state index in [1.165, 1.54) is 44.6 Å². The number of para-hydroxylation sites is 1. The molecule has 3 rings (SSSR count). The zero-order valence-corrected chi connectivity index (χ0v) is 20.5. The van der Waals surface area contributed by atoms with E-state index >= 15 is 0 Å². The second-order valence-corrected chi connectivity index (χ2v) is 9.58. The van der Waals surface area contributed by atoms with Gasteiger partial charge in [-0.3, -0.25) is 19.2 Å². The predicted molar refractivity (Wildman–Crippen MR) is 130 cm³/mol. The molecule has 178 valence electrons. The van der Waals surface area contributed by atoms with Crippen molar-refractivity contribution < 1.29 is 27.6 Å². The Hall–Kier alpha value is -3.64. The maximum Gasteiger partial charge on any atom is 0.289 e. The Kier molecular flexibility index (Phi) is 7.74. The Labute approximate surface area is 204 Å². The number of halogens is 1. The average molecular weight is 550 g/mol. The van der Waals surface area contributed by atoms with Crippen LogP contribution in [-0.2, 0) is 14.8 Å². The van der Waals surface area contributed by atoms with Crippen LogP contribution in [0.5, 0.6) is 11.5 Å². The largest absolute Gasteiger partial charge is 0.497 e. The first-order valence-corrected chi connectivity index (χ1v) is 11.9. The number of nitro groups is 1. The van der Waals surface area contributed by atoms with Crippen molar-refractivity contribution in [3.05, 3.63) is 81.3 Å². The van der Waals surface area contributed by atoms with Crippen LogP contribution in [0.1, 0.15) is 0 Å². The molecule has 0 atom stereocenters. The fraction of sp³-hybridized carbons (Fsp3) is 0.136. The summed E-state index contributed by atoms with van der Waals surface area (Å²) in [5, 5.41) is 14.1. The number of benzene rings is 3. The maximum absolute atomic E-state index is 13.7. The summed E-state index contributed by atoms with van der Waals surface area (Å²) in [6.07, 6.45) is 0. The van der Waals surface area contributed by atoms with Gasteiger partial charge in [0.25, 0.3) is 15.7 Å². The molecular weight excluding hydrogens is 530 g/mol. The first-order chi connectivity index (χ1) is 16.2. The van der Waals surface area contributed by atoms with E-state index in [4.69, 9.17) is 9.47 Å². The molecule has 1 N–H and O–H groups in total. The zero-order chi connectivity index (χ0) is 24.9. The Morgan fingerprint density at radius 1 is 1.06 bits per heavy atom. The molecule has 0 saturated carbocycles. The van der Waals surface area contributed by atoms with Crippen LogP contribution in [0, 0.1) is 10.1 Å². The van der Waals surface area contributed by atoms with Crippen molar-refractivity contribution in [1.29, 1.82) is 0 Å². The number of carbonyl (C=O) groups excluding carboxylic acids is 1. The fourth-order valence-corrected chi connectivity index (χ4v) is 4.96. The van der Waals surface area contributed by atoms with Crippen molar-refractivity contribution in [2.24, 2.45) is 0 Å². The Balaban J connectivity index is 2.10. The van der Waals surface area contributed by atoms with Gasteiger partial charge in [-0.1, -0.05) is 28.1 Å². The number of hydrogen-bond donors (Lipinski definition) is 1. The minimum Gasteiger partial charge on any atom is -0.497 e. The number of amides is 1. The molecule has 10 nitrogen and oxygen atoms in total. The normalized spacial score (nSPS) is 10.9. The Morgan fingerprint density at radius 2 is 1.74 bits per heavy atom. The predicted octanol–water partition coefficient (Wildman–Crippen LogP) is 4.21. The molecule has 1 amide bonds. The van der Waals surface area contributed by atoms with Gasteiger partial charge in [-0.2, -0.15) is 0 Å². The van der Waals surface area contributed by atoms with Gasteiger partial charge in [0.15, 0.2) is 4.90 Å². The van der Waals surface area contributed by atoms with Crippen LogP contribution in [-0.4, -0.2) is 40.0 Å². The third-order valence-electron chi connectivity index (χ3n) is 4.70. The van der Waals surface area contributed by atoms with E-state index < -0.39 is 38.0 Å². The van der Waals surface area contributed by atoms with Crippen LogP contribution in [0.3, 0.4) is 0 Å². The van der Waals surface area contributed by atoms with Crippen LogP contribution >= 0.6 is 15.9 Å². The summed E-state index contributed by atoms with van der Waals surface area (Å²) in [5.74, 6) is -0.178. The molecule has 0 unspecified atom stereocenters. The van der Waals surface area contributed by atoms with E-state index in [1.807, 2.05) is 0 Å². The quantitative estimate of drug-likeness (QED) is 0.312. The van der Waals surface area contributed by atoms with E-state index in [2.05, 4.69) is 21.2 Å². The average Bonchev–Trinajstić information content (AvgIpc) is 2.83. The summed E-state index contributed by atoms with van der Waals surface area (Å²) in [6, 6.07) is 16.0. The van der Waals surface area contributed by atoms with E-state index in [9.17, 15) is 23.3 Å². The third kappa shape index (κ3) is 5.46. The molecule has 34 heavy (non-hydrogen) atoms. The molecule has 0 heterocycles. The van der Waals surface area contributed by atoms with Crippen LogP contribution in [0.25, 0.3) is 0 Å². The molecule has 0 aliphatic carbocycles. The molecule has 0 aliphatic rings. The molecular formula is C22H20BrN3O7S. The van der Waals surface area contributed by atoms with E-state index in [-0.39, 0.29) is 11.4 Å². The van der Waals surface area contributed by atoms with Gasteiger partial charge in [0, 0.05) is 22.3 Å². The van der Waals surface area contributed by atoms with Crippen molar-refractivity contribution in [2.45, 2.75) is 4.90 Å². The van der Waals surface area contributed by atoms with E-state index in [0.717, 1.165) is 20.9 Å². The molecule has 0 fully saturated rings. The minimum atomic E-state index is -4.57. The first kappa shape index (κ1) is 25.0. The molecule has 3 aromatic carbocycles. The number of methoxy groups -OCH3 is 2. The number of hydrogen-bond acceptors (Lipinski definition) is 7. The SMILES string of the molecule is COc1ccc(N(CC(=O)Nc2ccc(Br)cc2)S(=O)(=O)c2ccccc2[N+](=O)[O-])c(OC)c1. The number of rotatable bonds is 9. The lowest BCUT2D eigenvalue weighted by molar-refractivity contribution is -0.387. The maximum atomic E-state index is 13.7. The molecule has 0 spiro atoms. The van der Waals surface area contributed by atoms with Gasteiger partial charge >= 0.3 is 0 Å². The summed E-state index contributed by atoms with van der Waals surface area (Å²) >= 11 is 3.30. The second-order valence-electron chi connectivity index (χ2n) is 6.83. The number of carbonyl (C=O) groups is 1. The highest BCUT2D eigenvalue weighted by Gasteiger charge is 2.34. The highest BCUT2D eigenvalue weighted by molar-refractivity contribution is 9.10. The second kappa shape index (κ2) is 10.5. The van der Waals surface area contributed by atoms with Gasteiger partial charge in [-0.15, -0.1) is 0 Å². The highest BCUT2D eigenvalue weighted by Crippen LogP contribution is 2.37. The van der Waals surface area contributed by atoms with Crippen LogP contribution in [0.4, 0.5) is 17.1 Å². The standard InChI is InChI=1S/C22H20BrN3O7S/c1-32-17-11-12-18(20(13-17)33-2)25(14-22(27)24-16-9-7-15(23)8-10-16)34(30,31)21-6-4-3-5-19(21)26(28)29/h3-13H,14H2,1-2H3,(H,24,27). The lowest BCUT2D eigenvalue weighted by Crippen LogP contribution is -2.38. The number of sulfonamides is 1. The number of nitrogens with zero attached hydrogens (tertiary/aromatic N) is 2. The Bertz CT molecular complexity index is 1310. The van der Waals surface area contributed by atoms with E-state index in [1.54, 1.807) is 24.3 Å². The smallest absolute Gasteiger partial charge is 0.289 e. The van der Waals surface area contributed by atoms with E-state index in [0.29, 0.717) is 11.4 Å². The number of nitro benzene ring substituents is 1. The van der Waals surface area contributed by atoms with Crippen molar-refractivity contribution in [3.63, 3.8) is 0 Å². The summed E-state index contributed by atoms with van der Waals surface area (Å²) in [7, 11) is -1.81. The first-order valence-electron chi connectivity index (χ1n) is 9.71. The van der Waals surface area contributed by atoms with Crippen LogP contribution in [0.2, 0.25) is 0 Å². The van der Waals surface area contributed by atoms with Gasteiger partial charge < -0.3 is 14.8 Å². The van der Waals surface area contributed by atoms with Crippen molar-refractivity contribution in [2.75, 3.05) is 30.4 Å². The fourth-order valence-electron chi connectivity index (χ4n) is 3.10. The van der Waals surface area contributed by atoms with Gasteiger partial charge in [0.2, 0.25) is 5.91 Å². The number of ether oxygens (including phenoxy) is 2. The van der Waals surface area contributed by atoms with Gasteiger partial charge in [0.1, 0.15) is 18.0 Å². The van der Waals surface area contributed by atoms with Crippen molar-refractivity contribution in [1.82, 2.24) is 0 Å². The van der Waals surface area contributed by atoms with Gasteiger partial charge in [-0.25, -0.2) is 8.42 Å². The number of anilines is 2. The third-order valence-corrected chi connectivity index (χ3v) is 7.04. The molecule has 3 aromatic rings. The summed E-state index contributed by atoms with van der Waals surface area (Å²) in [4.78, 5) is 23.0. The van der Waals surface area contributed by atoms with Crippen molar-refractivity contribution in [3.8, 4) is 11.5 Å². The van der Waals surface area contributed by atoms with Crippen LogP contribution < -0.4 is 19.1 Å². The Morgan fingerprint density at radius 3 is 2.35 bits per heavy atom. The molecule has 0 bridgehead atoms.